The van der Waals surface area contributed by atoms with Gasteiger partial charge in [-0.05, 0) is 56.8 Å². The quantitative estimate of drug-likeness (QED) is 0.897. The molecule has 2 aliphatic carbocycles. The van der Waals surface area contributed by atoms with Gasteiger partial charge in [-0.1, -0.05) is 12.1 Å². The highest BCUT2D eigenvalue weighted by molar-refractivity contribution is 5.90. The number of piperidine rings is 1. The Morgan fingerprint density at radius 1 is 1.35 bits per heavy atom. The Kier molecular flexibility index (Phi) is 4.12. The Morgan fingerprint density at radius 2 is 2.12 bits per heavy atom. The topological polar surface area (TPSA) is 39.3 Å². The predicted octanol–water partition coefficient (Wildman–Crippen LogP) is 3.20. The average Bonchev–Trinajstić information content (AvgIpc) is 3.23. The molecule has 140 valence electrons. The first-order valence-electron chi connectivity index (χ1n) is 9.70. The van der Waals surface area contributed by atoms with Gasteiger partial charge in [0.1, 0.15) is 0 Å². The molecule has 1 saturated heterocycles. The number of aromatic amines is 1. The van der Waals surface area contributed by atoms with Gasteiger partial charge in [-0.2, -0.15) is 0 Å². The highest BCUT2D eigenvalue weighted by Crippen LogP contribution is 2.67. The van der Waals surface area contributed by atoms with Crippen molar-refractivity contribution in [1.82, 2.24) is 14.8 Å². The summed E-state index contributed by atoms with van der Waals surface area (Å²) in [6.07, 6.45) is 4.47. The second kappa shape index (κ2) is 6.00. The summed E-state index contributed by atoms with van der Waals surface area (Å²) in [5, 5.41) is 1.44. The molecule has 3 aliphatic rings. The Bertz CT molecular complexity index is 858. The zero-order valence-corrected chi connectivity index (χ0v) is 16.6. The van der Waals surface area contributed by atoms with E-state index in [2.05, 4.69) is 55.2 Å². The third-order valence-corrected chi connectivity index (χ3v) is 7.25. The Balaban J connectivity index is 0.00000168. The Morgan fingerprint density at radius 3 is 2.85 bits per heavy atom. The summed E-state index contributed by atoms with van der Waals surface area (Å²) in [4.78, 5) is 21.1. The highest BCUT2D eigenvalue weighted by atomic mass is 35.5. The van der Waals surface area contributed by atoms with Crippen LogP contribution in [-0.2, 0) is 16.6 Å². The summed E-state index contributed by atoms with van der Waals surface area (Å²) in [5.41, 5.74) is 4.39. The van der Waals surface area contributed by atoms with E-state index in [0.29, 0.717) is 17.9 Å². The van der Waals surface area contributed by atoms with Gasteiger partial charge in [0.25, 0.3) is 0 Å². The van der Waals surface area contributed by atoms with Crippen molar-refractivity contribution >= 4 is 29.2 Å². The average molecular weight is 374 g/mol. The van der Waals surface area contributed by atoms with Crippen molar-refractivity contribution in [1.29, 1.82) is 0 Å². The monoisotopic (exact) mass is 373 g/mol. The maximum absolute atomic E-state index is 13.1. The molecule has 5 heteroatoms. The molecule has 1 aromatic carbocycles. The van der Waals surface area contributed by atoms with Crippen LogP contribution in [0.2, 0.25) is 0 Å². The number of likely N-dealkylation sites (N-methyl/N-ethyl adjacent to an activating group) is 1. The number of hydrogen-bond donors (Lipinski definition) is 1. The third-order valence-electron chi connectivity index (χ3n) is 7.25. The number of hydrogen-bond acceptors (Lipinski definition) is 2. The number of nitrogens with one attached hydrogen (secondary N) is 1. The van der Waals surface area contributed by atoms with Gasteiger partial charge in [0, 0.05) is 48.2 Å². The lowest BCUT2D eigenvalue weighted by Gasteiger charge is -2.46. The number of nitrogens with zero attached hydrogens (tertiary/aromatic N) is 2. The van der Waals surface area contributed by atoms with Crippen molar-refractivity contribution < 1.29 is 4.79 Å². The van der Waals surface area contributed by atoms with Crippen LogP contribution in [-0.4, -0.2) is 53.4 Å². The normalized spacial score (nSPS) is 31.7. The maximum Gasteiger partial charge on any atom is 0.227 e. The number of H-pyrrole nitrogens is 1. The Hall–Kier alpha value is -1.52. The molecule has 26 heavy (non-hydrogen) atoms. The summed E-state index contributed by atoms with van der Waals surface area (Å²) in [6.45, 7) is 6.72. The fraction of sp³-hybridized carbons (Fsp3) is 0.571. The summed E-state index contributed by atoms with van der Waals surface area (Å²) in [5.74, 6) is 1.02. The summed E-state index contributed by atoms with van der Waals surface area (Å²) in [7, 11) is 2.22. The van der Waals surface area contributed by atoms with Crippen LogP contribution in [0.3, 0.4) is 0 Å². The summed E-state index contributed by atoms with van der Waals surface area (Å²) >= 11 is 0. The molecule has 1 aromatic heterocycles. The molecule has 0 bridgehead atoms. The van der Waals surface area contributed by atoms with Crippen molar-refractivity contribution in [3.05, 3.63) is 35.5 Å². The number of halogens is 1. The SMILES string of the molecule is CCN(CC)C(=O)[C@H]1CN(C)[C@@H]2Cc3c[nH]c4cccc(c34)[C@]23C[C@H]13.Cl. The van der Waals surface area contributed by atoms with Gasteiger partial charge < -0.3 is 14.8 Å². The van der Waals surface area contributed by atoms with Crippen molar-refractivity contribution in [2.75, 3.05) is 26.7 Å². The largest absolute Gasteiger partial charge is 0.361 e. The number of amides is 1. The molecule has 4 nitrogen and oxygen atoms in total. The molecule has 1 saturated carbocycles. The fourth-order valence-corrected chi connectivity index (χ4v) is 6.01. The van der Waals surface area contributed by atoms with E-state index in [4.69, 9.17) is 0 Å². The van der Waals surface area contributed by atoms with Gasteiger partial charge >= 0.3 is 0 Å². The lowest BCUT2D eigenvalue weighted by molar-refractivity contribution is -0.138. The minimum absolute atomic E-state index is 0. The second-order valence-electron chi connectivity index (χ2n) is 8.17. The van der Waals surface area contributed by atoms with Crippen molar-refractivity contribution in [3.63, 3.8) is 0 Å². The number of benzene rings is 1. The summed E-state index contributed by atoms with van der Waals surface area (Å²) < 4.78 is 0. The molecular formula is C21H28ClN3O. The number of rotatable bonds is 3. The van der Waals surface area contributed by atoms with E-state index < -0.39 is 0 Å². The molecule has 1 aliphatic heterocycles. The van der Waals surface area contributed by atoms with Crippen molar-refractivity contribution in [2.24, 2.45) is 11.8 Å². The van der Waals surface area contributed by atoms with Crippen LogP contribution in [0, 0.1) is 11.8 Å². The number of aromatic nitrogens is 1. The van der Waals surface area contributed by atoms with Crippen LogP contribution >= 0.6 is 12.4 Å². The zero-order chi connectivity index (χ0) is 17.3. The molecule has 5 rings (SSSR count). The molecule has 2 aromatic rings. The smallest absolute Gasteiger partial charge is 0.227 e. The molecule has 0 unspecified atom stereocenters. The van der Waals surface area contributed by atoms with Gasteiger partial charge in [0.05, 0.1) is 5.92 Å². The van der Waals surface area contributed by atoms with Gasteiger partial charge in [0.15, 0.2) is 0 Å². The molecule has 2 fully saturated rings. The van der Waals surface area contributed by atoms with E-state index in [-0.39, 0.29) is 23.7 Å². The third kappa shape index (κ3) is 2.09. The first kappa shape index (κ1) is 17.9. The van der Waals surface area contributed by atoms with E-state index >= 15 is 0 Å². The van der Waals surface area contributed by atoms with Crippen LogP contribution in [0.15, 0.2) is 24.4 Å². The molecule has 4 atom stereocenters. The first-order chi connectivity index (χ1) is 12.1. The first-order valence-corrected chi connectivity index (χ1v) is 9.70. The maximum atomic E-state index is 13.1. The predicted molar refractivity (Wildman–Crippen MR) is 107 cm³/mol. The Labute approximate surface area is 161 Å². The lowest BCUT2D eigenvalue weighted by Crippen LogP contribution is -2.55. The summed E-state index contributed by atoms with van der Waals surface area (Å²) in [6, 6.07) is 7.22. The number of carbonyl (C=O) groups is 1. The van der Waals surface area contributed by atoms with Gasteiger partial charge in [-0.3, -0.25) is 4.79 Å². The van der Waals surface area contributed by atoms with Crippen LogP contribution < -0.4 is 0 Å². The molecule has 1 spiro atoms. The van der Waals surface area contributed by atoms with Gasteiger partial charge in [-0.25, -0.2) is 0 Å². The van der Waals surface area contributed by atoms with Crippen LogP contribution in [0.4, 0.5) is 0 Å². The highest BCUT2D eigenvalue weighted by Gasteiger charge is 2.69. The fourth-order valence-electron chi connectivity index (χ4n) is 6.01. The van der Waals surface area contributed by atoms with E-state index in [1.54, 1.807) is 0 Å². The number of carbonyl (C=O) groups excluding carboxylic acids is 1. The van der Waals surface area contributed by atoms with E-state index in [9.17, 15) is 4.79 Å². The van der Waals surface area contributed by atoms with Gasteiger partial charge in [-0.15, -0.1) is 12.4 Å². The second-order valence-corrected chi connectivity index (χ2v) is 8.17. The molecule has 1 N–H and O–H groups in total. The number of likely N-dealkylation sites (tertiary alicyclic amines) is 1. The van der Waals surface area contributed by atoms with Crippen molar-refractivity contribution in [2.45, 2.75) is 38.1 Å². The van der Waals surface area contributed by atoms with E-state index in [0.717, 1.165) is 26.1 Å². The minimum atomic E-state index is 0. The lowest BCUT2D eigenvalue weighted by atomic mass is 9.71. The van der Waals surface area contributed by atoms with Crippen LogP contribution in [0.1, 0.15) is 31.4 Å². The minimum Gasteiger partial charge on any atom is -0.361 e. The van der Waals surface area contributed by atoms with Crippen LogP contribution in [0.5, 0.6) is 0 Å². The standard InChI is InChI=1S/C21H27N3O.ClH/c1-4-24(5-2)20(25)14-12-23(3)18-9-13-11-22-17-8-6-7-15(19(13)17)21(18)10-16(14)21;/h6-8,11,14,16,18,22H,4-5,9-10,12H2,1-3H3;1H/t14-,16+,18+,21-;/m0./s1. The molecule has 2 heterocycles. The molecule has 0 radical (unpaired) electrons. The zero-order valence-electron chi connectivity index (χ0n) is 15.8. The molecule has 1 amide bonds. The van der Waals surface area contributed by atoms with Crippen molar-refractivity contribution in [3.8, 4) is 0 Å². The molecular weight excluding hydrogens is 346 g/mol. The van der Waals surface area contributed by atoms with E-state index in [1.165, 1.54) is 28.5 Å². The van der Waals surface area contributed by atoms with E-state index in [1.807, 2.05) is 4.90 Å². The van der Waals surface area contributed by atoms with Crippen LogP contribution in [0.25, 0.3) is 10.9 Å². The van der Waals surface area contributed by atoms with Gasteiger partial charge in [0.2, 0.25) is 5.91 Å².